The van der Waals surface area contributed by atoms with Gasteiger partial charge in [-0.15, -0.1) is 0 Å². The Kier molecular flexibility index (Phi) is 6.60. The highest BCUT2D eigenvalue weighted by atomic mass is 15.2. The maximum Gasteiger partial charge on any atom is 0.159 e. The molecule has 6 aromatic rings. The smallest absolute Gasteiger partial charge is 0.159 e. The second-order valence-electron chi connectivity index (χ2n) is 10.2. The number of benzene rings is 6. The number of hydrogen-bond acceptors (Lipinski definition) is 4. The van der Waals surface area contributed by atoms with E-state index in [0.717, 1.165) is 44.8 Å². The molecule has 198 valence electrons. The van der Waals surface area contributed by atoms with Crippen LogP contribution < -0.4 is 5.32 Å². The number of nitrogens with zero attached hydrogens (tertiary/aromatic N) is 3. The predicted molar refractivity (Wildman–Crippen MR) is 171 cm³/mol. The highest BCUT2D eigenvalue weighted by Gasteiger charge is 2.21. The molecule has 1 N–H and O–H groups in total. The van der Waals surface area contributed by atoms with Crippen molar-refractivity contribution in [1.29, 1.82) is 5.26 Å². The van der Waals surface area contributed by atoms with Crippen LogP contribution in [0.1, 0.15) is 28.4 Å². The highest BCUT2D eigenvalue weighted by Crippen LogP contribution is 2.37. The molecule has 0 amide bonds. The molecular weight excluding hydrogens is 512 g/mol. The molecule has 6 aromatic carbocycles. The van der Waals surface area contributed by atoms with Crippen molar-refractivity contribution in [2.24, 2.45) is 9.98 Å². The van der Waals surface area contributed by atoms with E-state index in [1.165, 1.54) is 10.8 Å². The van der Waals surface area contributed by atoms with Crippen LogP contribution in [0, 0.1) is 11.3 Å². The largest absolute Gasteiger partial charge is 0.344 e. The van der Waals surface area contributed by atoms with Gasteiger partial charge in [0.2, 0.25) is 0 Å². The average Bonchev–Trinajstić information content (AvgIpc) is 3.08. The van der Waals surface area contributed by atoms with Gasteiger partial charge >= 0.3 is 0 Å². The summed E-state index contributed by atoms with van der Waals surface area (Å²) in [6.45, 7) is 0. The van der Waals surface area contributed by atoms with Crippen molar-refractivity contribution in [2.45, 2.75) is 6.17 Å². The fourth-order valence-electron chi connectivity index (χ4n) is 5.47. The Morgan fingerprint density at radius 2 is 1.12 bits per heavy atom. The topological polar surface area (TPSA) is 60.5 Å². The summed E-state index contributed by atoms with van der Waals surface area (Å²) in [4.78, 5) is 9.90. The first kappa shape index (κ1) is 25.2. The fraction of sp³-hybridized carbons (Fsp3) is 0.0263. The van der Waals surface area contributed by atoms with Crippen molar-refractivity contribution in [2.75, 3.05) is 0 Å². The van der Waals surface area contributed by atoms with E-state index in [0.29, 0.717) is 11.4 Å². The molecule has 1 atom stereocenters. The third-order valence-electron chi connectivity index (χ3n) is 7.59. The molecule has 0 bridgehead atoms. The first-order chi connectivity index (χ1) is 20.8. The molecule has 0 fully saturated rings. The van der Waals surface area contributed by atoms with Gasteiger partial charge in [0.1, 0.15) is 12.0 Å². The van der Waals surface area contributed by atoms with Crippen molar-refractivity contribution in [1.82, 2.24) is 5.32 Å². The van der Waals surface area contributed by atoms with Gasteiger partial charge in [-0.05, 0) is 50.7 Å². The maximum absolute atomic E-state index is 9.26. The minimum Gasteiger partial charge on any atom is -0.344 e. The summed E-state index contributed by atoms with van der Waals surface area (Å²) in [7, 11) is 0. The summed E-state index contributed by atoms with van der Waals surface area (Å²) in [5, 5.41) is 15.2. The van der Waals surface area contributed by atoms with Crippen molar-refractivity contribution in [3.63, 3.8) is 0 Å². The molecule has 42 heavy (non-hydrogen) atoms. The summed E-state index contributed by atoms with van der Waals surface area (Å²) in [5.41, 5.74) is 8.24. The quantitative estimate of drug-likeness (QED) is 0.239. The van der Waals surface area contributed by atoms with E-state index in [4.69, 9.17) is 9.98 Å². The summed E-state index contributed by atoms with van der Waals surface area (Å²) in [6, 6.07) is 51.8. The van der Waals surface area contributed by atoms with Gasteiger partial charge < -0.3 is 5.32 Å². The molecule has 1 aliphatic rings. The third kappa shape index (κ3) is 4.85. The summed E-state index contributed by atoms with van der Waals surface area (Å²) < 4.78 is 0. The molecule has 1 unspecified atom stereocenters. The monoisotopic (exact) mass is 538 g/mol. The third-order valence-corrected chi connectivity index (χ3v) is 7.59. The van der Waals surface area contributed by atoms with E-state index >= 15 is 0 Å². The lowest BCUT2D eigenvalue weighted by atomic mass is 9.91. The Morgan fingerprint density at radius 3 is 1.74 bits per heavy atom. The van der Waals surface area contributed by atoms with Crippen LogP contribution in [0.15, 0.2) is 156 Å². The van der Waals surface area contributed by atoms with Crippen LogP contribution in [0.5, 0.6) is 0 Å². The second-order valence-corrected chi connectivity index (χ2v) is 10.2. The van der Waals surface area contributed by atoms with Crippen LogP contribution in [0.3, 0.4) is 0 Å². The lowest BCUT2D eigenvalue weighted by Crippen LogP contribution is -2.33. The summed E-state index contributed by atoms with van der Waals surface area (Å²) >= 11 is 0. The summed E-state index contributed by atoms with van der Waals surface area (Å²) in [6.07, 6.45) is -0.235. The van der Waals surface area contributed by atoms with Crippen molar-refractivity contribution < 1.29 is 0 Å². The van der Waals surface area contributed by atoms with Crippen LogP contribution >= 0.6 is 0 Å². The Bertz CT molecular complexity index is 1980. The average molecular weight is 539 g/mol. The van der Waals surface area contributed by atoms with E-state index in [9.17, 15) is 5.26 Å². The van der Waals surface area contributed by atoms with Crippen LogP contribution in [0.2, 0.25) is 0 Å². The minimum atomic E-state index is -0.235. The zero-order chi connectivity index (χ0) is 28.3. The minimum absolute atomic E-state index is 0.235. The Labute approximate surface area is 245 Å². The Morgan fingerprint density at radius 1 is 0.548 bits per heavy atom. The summed E-state index contributed by atoms with van der Waals surface area (Å²) in [5.74, 6) is 1.50. The van der Waals surface area contributed by atoms with Crippen LogP contribution in [0.25, 0.3) is 33.0 Å². The van der Waals surface area contributed by atoms with Gasteiger partial charge in [0, 0.05) is 11.1 Å². The normalized spacial score (nSPS) is 14.4. The van der Waals surface area contributed by atoms with Gasteiger partial charge in [-0.25, -0.2) is 9.98 Å². The number of nitriles is 1. The molecule has 4 nitrogen and oxygen atoms in total. The molecule has 0 aliphatic carbocycles. The molecule has 1 heterocycles. The van der Waals surface area contributed by atoms with Crippen LogP contribution in [-0.2, 0) is 0 Å². The number of amidine groups is 2. The van der Waals surface area contributed by atoms with Gasteiger partial charge in [0.25, 0.3) is 0 Å². The van der Waals surface area contributed by atoms with Crippen molar-refractivity contribution in [3.8, 4) is 28.3 Å². The van der Waals surface area contributed by atoms with Crippen LogP contribution in [-0.4, -0.2) is 11.7 Å². The van der Waals surface area contributed by atoms with Gasteiger partial charge in [0.15, 0.2) is 5.84 Å². The van der Waals surface area contributed by atoms with Crippen molar-refractivity contribution in [3.05, 3.63) is 168 Å². The predicted octanol–water partition coefficient (Wildman–Crippen LogP) is 8.54. The molecule has 0 aromatic heterocycles. The Hall–Kier alpha value is -5.79. The standard InChI is InChI=1S/C38H26N4/c39-25-26-17-19-27(20-18-26)33-15-7-13-29-14-8-16-34(35(29)33)28-21-23-32(24-22-28)38-41-36(30-9-3-1-4-10-30)40-37(42-38)31-11-5-2-6-12-31/h1-24,36H,(H,40,41,42). The number of fused-ring (bicyclic) bond motifs is 1. The fourth-order valence-corrected chi connectivity index (χ4v) is 5.47. The molecule has 0 saturated carbocycles. The number of nitrogens with one attached hydrogen (secondary N) is 1. The van der Waals surface area contributed by atoms with E-state index in [1.54, 1.807) is 0 Å². The van der Waals surface area contributed by atoms with E-state index in [2.05, 4.69) is 84.2 Å². The van der Waals surface area contributed by atoms with Crippen LogP contribution in [0.4, 0.5) is 0 Å². The van der Waals surface area contributed by atoms with Gasteiger partial charge in [-0.1, -0.05) is 133 Å². The number of hydrogen-bond donors (Lipinski definition) is 1. The molecule has 0 spiro atoms. The first-order valence-electron chi connectivity index (χ1n) is 13.9. The van der Waals surface area contributed by atoms with Gasteiger partial charge in [-0.2, -0.15) is 5.26 Å². The van der Waals surface area contributed by atoms with Crippen molar-refractivity contribution >= 4 is 22.4 Å². The zero-order valence-electron chi connectivity index (χ0n) is 22.8. The first-order valence-corrected chi connectivity index (χ1v) is 13.9. The second kappa shape index (κ2) is 11.0. The molecule has 0 saturated heterocycles. The zero-order valence-corrected chi connectivity index (χ0v) is 22.8. The lowest BCUT2D eigenvalue weighted by molar-refractivity contribution is 0.674. The molecule has 0 radical (unpaired) electrons. The van der Waals surface area contributed by atoms with E-state index in [-0.39, 0.29) is 6.17 Å². The maximum atomic E-state index is 9.26. The number of rotatable bonds is 5. The SMILES string of the molecule is N#Cc1ccc(-c2cccc3cccc(-c4ccc(C5=NC(c6ccccc6)=NC(c6ccccc6)N5)cc4)c23)cc1. The highest BCUT2D eigenvalue weighted by molar-refractivity contribution is 6.13. The number of aliphatic imine (C=N–C) groups is 2. The molecular formula is C38H26N4. The van der Waals surface area contributed by atoms with E-state index in [1.807, 2.05) is 72.8 Å². The molecule has 1 aliphatic heterocycles. The molecule has 4 heteroatoms. The van der Waals surface area contributed by atoms with E-state index < -0.39 is 0 Å². The molecule has 7 rings (SSSR count). The Balaban J connectivity index is 1.28. The lowest BCUT2D eigenvalue weighted by Gasteiger charge is -2.23. The van der Waals surface area contributed by atoms with Gasteiger partial charge in [-0.3, -0.25) is 0 Å². The van der Waals surface area contributed by atoms with Gasteiger partial charge in [0.05, 0.1) is 11.6 Å².